The Morgan fingerprint density at radius 2 is 0.659 bits per heavy atom. The molecule has 5 aromatic rings. The summed E-state index contributed by atoms with van der Waals surface area (Å²) in [4.78, 5) is 0. The summed E-state index contributed by atoms with van der Waals surface area (Å²) < 4.78 is 8.31. The Kier molecular flexibility index (Phi) is 12.0. The fourth-order valence-electron chi connectivity index (χ4n) is 6.68. The Labute approximate surface area is 268 Å². The van der Waals surface area contributed by atoms with Crippen LogP contribution in [0.4, 0.5) is 0 Å². The predicted molar refractivity (Wildman–Crippen MR) is 195 cm³/mol. The monoisotopic (exact) mass is 612 g/mol. The van der Waals surface area contributed by atoms with Crippen molar-refractivity contribution in [3.8, 4) is 0 Å². The van der Waals surface area contributed by atoms with Crippen LogP contribution < -0.4 is 25.9 Å². The minimum Gasteiger partial charge on any atom is -0.439 e. The molecular formula is C41H48OSi2. The lowest BCUT2D eigenvalue weighted by molar-refractivity contribution is 0.554. The molecule has 0 amide bonds. The molecule has 0 spiro atoms. The van der Waals surface area contributed by atoms with Crippen LogP contribution in [0, 0.1) is 0 Å². The minimum atomic E-state index is -2.96. The first-order valence-corrected chi connectivity index (χ1v) is 20.8. The summed E-state index contributed by atoms with van der Waals surface area (Å²) in [6.45, 7) is 2.29. The van der Waals surface area contributed by atoms with E-state index in [9.17, 15) is 0 Å². The maximum atomic E-state index is 8.31. The fraction of sp³-hybridized carbons (Fsp3) is 0.268. The molecule has 0 bridgehead atoms. The van der Waals surface area contributed by atoms with Gasteiger partial charge in [0.2, 0.25) is 8.32 Å². The maximum absolute atomic E-state index is 8.31. The van der Waals surface area contributed by atoms with Crippen LogP contribution in [0.3, 0.4) is 0 Å². The molecule has 0 heterocycles. The first-order valence-electron chi connectivity index (χ1n) is 16.8. The molecule has 5 rings (SSSR count). The van der Waals surface area contributed by atoms with Gasteiger partial charge < -0.3 is 4.12 Å². The third kappa shape index (κ3) is 7.58. The van der Waals surface area contributed by atoms with E-state index in [0.29, 0.717) is 0 Å². The smallest absolute Gasteiger partial charge is 0.278 e. The lowest BCUT2D eigenvalue weighted by atomic mass is 10.1. The molecule has 226 valence electrons. The second-order valence-electron chi connectivity index (χ2n) is 12.0. The van der Waals surface area contributed by atoms with Crippen LogP contribution in [-0.4, -0.2) is 16.6 Å². The van der Waals surface area contributed by atoms with Crippen molar-refractivity contribution in [3.05, 3.63) is 152 Å². The highest BCUT2D eigenvalue weighted by Gasteiger charge is 2.51. The zero-order chi connectivity index (χ0) is 30.3. The Morgan fingerprint density at radius 1 is 0.364 bits per heavy atom. The van der Waals surface area contributed by atoms with Crippen LogP contribution in [0.1, 0.15) is 64.7 Å². The summed E-state index contributed by atoms with van der Waals surface area (Å²) >= 11 is 0. The van der Waals surface area contributed by atoms with Gasteiger partial charge in [0.25, 0.3) is 8.32 Å². The van der Waals surface area contributed by atoms with Gasteiger partial charge in [-0.15, -0.1) is 0 Å². The molecule has 0 fully saturated rings. The molecule has 0 unspecified atom stereocenters. The van der Waals surface area contributed by atoms with Gasteiger partial charge in [0, 0.05) is 0 Å². The highest BCUT2D eigenvalue weighted by Crippen LogP contribution is 2.24. The molecule has 0 aliphatic carbocycles. The quantitative estimate of drug-likeness (QED) is 0.0588. The van der Waals surface area contributed by atoms with Crippen molar-refractivity contribution in [1.29, 1.82) is 0 Å². The zero-order valence-corrected chi connectivity index (χ0v) is 28.4. The molecule has 44 heavy (non-hydrogen) atoms. The summed E-state index contributed by atoms with van der Waals surface area (Å²) in [7, 11) is -5.71. The van der Waals surface area contributed by atoms with Crippen LogP contribution in [0.2, 0.25) is 6.04 Å². The Hall–Kier alpha value is -3.51. The average molecular weight is 613 g/mol. The molecule has 0 radical (unpaired) electrons. The third-order valence-electron chi connectivity index (χ3n) is 8.98. The van der Waals surface area contributed by atoms with Gasteiger partial charge in [0.05, 0.1) is 0 Å². The molecule has 1 nitrogen and oxygen atoms in total. The van der Waals surface area contributed by atoms with Gasteiger partial charge in [0.15, 0.2) is 0 Å². The first-order chi connectivity index (χ1) is 21.8. The summed E-state index contributed by atoms with van der Waals surface area (Å²) in [5.41, 5.74) is 0. The average Bonchev–Trinajstić information content (AvgIpc) is 3.11. The number of benzene rings is 5. The summed E-state index contributed by atoms with van der Waals surface area (Å²) in [6, 6.07) is 56.8. The van der Waals surface area contributed by atoms with Crippen LogP contribution in [-0.2, 0) is 4.12 Å². The topological polar surface area (TPSA) is 9.23 Å². The minimum absolute atomic E-state index is 1.07. The second kappa shape index (κ2) is 16.5. The van der Waals surface area contributed by atoms with Crippen molar-refractivity contribution >= 4 is 42.6 Å². The second-order valence-corrected chi connectivity index (χ2v) is 19.2. The van der Waals surface area contributed by atoms with Crippen molar-refractivity contribution in [2.24, 2.45) is 0 Å². The van der Waals surface area contributed by atoms with Crippen LogP contribution in [0.5, 0.6) is 0 Å². The van der Waals surface area contributed by atoms with E-state index >= 15 is 0 Å². The van der Waals surface area contributed by atoms with Gasteiger partial charge in [-0.1, -0.05) is 216 Å². The van der Waals surface area contributed by atoms with Gasteiger partial charge in [-0.05, 0) is 32.0 Å². The van der Waals surface area contributed by atoms with Gasteiger partial charge >= 0.3 is 0 Å². The van der Waals surface area contributed by atoms with E-state index < -0.39 is 16.6 Å². The van der Waals surface area contributed by atoms with Gasteiger partial charge in [-0.3, -0.25) is 0 Å². The number of unbranched alkanes of at least 4 members (excludes halogenated alkanes) is 8. The number of hydrogen-bond acceptors (Lipinski definition) is 1. The van der Waals surface area contributed by atoms with E-state index in [2.05, 4.69) is 159 Å². The highest BCUT2D eigenvalue weighted by atomic mass is 28.4. The van der Waals surface area contributed by atoms with E-state index in [1.807, 2.05) is 0 Å². The lowest BCUT2D eigenvalue weighted by Gasteiger charge is -2.44. The van der Waals surface area contributed by atoms with E-state index in [1.165, 1.54) is 83.7 Å². The van der Waals surface area contributed by atoms with Crippen molar-refractivity contribution in [1.82, 2.24) is 0 Å². The normalized spacial score (nSPS) is 11.8. The molecular weight excluding hydrogens is 565 g/mol. The van der Waals surface area contributed by atoms with Crippen molar-refractivity contribution in [3.63, 3.8) is 0 Å². The van der Waals surface area contributed by atoms with Crippen molar-refractivity contribution in [2.45, 2.75) is 70.8 Å². The molecule has 0 atom stereocenters. The summed E-state index contributed by atoms with van der Waals surface area (Å²) in [5, 5.41) is 6.63. The molecule has 0 saturated carbocycles. The number of hydrogen-bond donors (Lipinski definition) is 0. The maximum Gasteiger partial charge on any atom is 0.278 e. The van der Waals surface area contributed by atoms with E-state index in [-0.39, 0.29) is 0 Å². The SMILES string of the molecule is CCCCCCCCCCC[Si](O[Si](c1ccccc1)(c1ccccc1)c1ccccc1)(c1ccccc1)c1ccccc1. The highest BCUT2D eigenvalue weighted by molar-refractivity contribution is 7.14. The lowest BCUT2D eigenvalue weighted by Crippen LogP contribution is -2.77. The summed E-state index contributed by atoms with van der Waals surface area (Å²) in [5.74, 6) is 0. The Bertz CT molecular complexity index is 1340. The fourth-order valence-corrected chi connectivity index (χ4v) is 17.6. The van der Waals surface area contributed by atoms with Gasteiger partial charge in [-0.2, -0.15) is 0 Å². The van der Waals surface area contributed by atoms with Crippen LogP contribution in [0.15, 0.2) is 152 Å². The molecule has 5 aromatic carbocycles. The van der Waals surface area contributed by atoms with Gasteiger partial charge in [-0.25, -0.2) is 0 Å². The summed E-state index contributed by atoms with van der Waals surface area (Å²) in [6.07, 6.45) is 11.9. The molecule has 0 saturated heterocycles. The molecule has 0 aromatic heterocycles. The Morgan fingerprint density at radius 3 is 1.00 bits per heavy atom. The van der Waals surface area contributed by atoms with Crippen molar-refractivity contribution in [2.75, 3.05) is 0 Å². The Balaban J connectivity index is 1.62. The first kappa shape index (κ1) is 31.9. The van der Waals surface area contributed by atoms with E-state index in [1.54, 1.807) is 0 Å². The molecule has 3 heteroatoms. The van der Waals surface area contributed by atoms with Gasteiger partial charge in [0.1, 0.15) is 0 Å². The van der Waals surface area contributed by atoms with E-state index in [4.69, 9.17) is 4.12 Å². The standard InChI is InChI=1S/C41H48OSi2/c1-2-3-4-5-6-7-8-9-25-36-43(37-26-15-10-16-27-37,38-28-17-11-18-29-38)42-44(39-30-19-12-20-31-39,40-32-21-13-22-33-40)41-34-23-14-24-35-41/h10-24,26-35H,2-9,25,36H2,1H3. The van der Waals surface area contributed by atoms with Crippen LogP contribution in [0.25, 0.3) is 0 Å². The third-order valence-corrected chi connectivity index (χ3v) is 18.6. The molecule has 0 aliphatic rings. The van der Waals surface area contributed by atoms with E-state index in [0.717, 1.165) is 6.04 Å². The van der Waals surface area contributed by atoms with Crippen molar-refractivity contribution < 1.29 is 4.12 Å². The predicted octanol–water partition coefficient (Wildman–Crippen LogP) is 7.96. The molecule has 0 aliphatic heterocycles. The largest absolute Gasteiger partial charge is 0.439 e. The number of rotatable bonds is 17. The molecule has 0 N–H and O–H groups in total. The van der Waals surface area contributed by atoms with Crippen LogP contribution >= 0.6 is 0 Å². The zero-order valence-electron chi connectivity index (χ0n) is 26.4.